The van der Waals surface area contributed by atoms with Gasteiger partial charge in [-0.2, -0.15) is 0 Å². The lowest BCUT2D eigenvalue weighted by Crippen LogP contribution is -2.79. The van der Waals surface area contributed by atoms with Gasteiger partial charge in [-0.1, -0.05) is 0 Å². The van der Waals surface area contributed by atoms with E-state index < -0.39 is 5.60 Å². The van der Waals surface area contributed by atoms with E-state index in [-0.39, 0.29) is 23.6 Å². The second-order valence-electron chi connectivity index (χ2n) is 6.20. The molecule has 0 aromatic rings. The maximum absolute atomic E-state index is 11.8. The summed E-state index contributed by atoms with van der Waals surface area (Å²) in [5.41, 5.74) is -0.647. The van der Waals surface area contributed by atoms with Crippen molar-refractivity contribution in [2.75, 3.05) is 19.6 Å². The third kappa shape index (κ3) is 2.58. The van der Waals surface area contributed by atoms with Crippen molar-refractivity contribution in [2.24, 2.45) is 0 Å². The van der Waals surface area contributed by atoms with Gasteiger partial charge in [0.15, 0.2) is 0 Å². The zero-order valence-electron chi connectivity index (χ0n) is 11.4. The molecule has 0 bridgehead atoms. The average Bonchev–Trinajstić information content (AvgIpc) is 2.16. The highest BCUT2D eigenvalue weighted by atomic mass is 16.6. The predicted molar refractivity (Wildman–Crippen MR) is 66.1 cm³/mol. The first kappa shape index (κ1) is 13.1. The molecule has 0 aliphatic carbocycles. The first-order valence-corrected chi connectivity index (χ1v) is 6.24. The normalized spacial score (nSPS) is 26.6. The van der Waals surface area contributed by atoms with E-state index >= 15 is 0 Å². The highest BCUT2D eigenvalue weighted by Gasteiger charge is 2.49. The highest BCUT2D eigenvalue weighted by molar-refractivity contribution is 5.82. The van der Waals surface area contributed by atoms with Crippen molar-refractivity contribution in [3.8, 4) is 0 Å². The predicted octanol–water partition coefficient (Wildman–Crippen LogP) is 0.0838. The number of nitrogens with zero attached hydrogens (tertiary/aromatic N) is 1. The number of piperazine rings is 1. The molecule has 2 aliphatic heterocycles. The van der Waals surface area contributed by atoms with Crippen LogP contribution in [0, 0.1) is 0 Å². The van der Waals surface area contributed by atoms with Crippen LogP contribution < -0.4 is 10.6 Å². The lowest BCUT2D eigenvalue weighted by Gasteiger charge is -2.53. The summed E-state index contributed by atoms with van der Waals surface area (Å²) >= 11 is 0. The van der Waals surface area contributed by atoms with E-state index in [1.165, 1.54) is 0 Å². The maximum atomic E-state index is 11.8. The quantitative estimate of drug-likeness (QED) is 0.643. The van der Waals surface area contributed by atoms with Gasteiger partial charge < -0.3 is 15.0 Å². The van der Waals surface area contributed by atoms with Crippen molar-refractivity contribution in [3.63, 3.8) is 0 Å². The van der Waals surface area contributed by atoms with Gasteiger partial charge in [-0.05, 0) is 27.7 Å². The number of ether oxygens (including phenoxy) is 1. The zero-order chi connectivity index (χ0) is 13.6. The van der Waals surface area contributed by atoms with E-state index in [9.17, 15) is 9.59 Å². The van der Waals surface area contributed by atoms with Crippen LogP contribution in [0.2, 0.25) is 0 Å². The molecule has 0 radical (unpaired) electrons. The Morgan fingerprint density at radius 1 is 1.44 bits per heavy atom. The third-order valence-electron chi connectivity index (χ3n) is 3.16. The Labute approximate surface area is 107 Å². The van der Waals surface area contributed by atoms with Gasteiger partial charge in [-0.25, -0.2) is 4.79 Å². The molecule has 0 aromatic heterocycles. The van der Waals surface area contributed by atoms with Crippen LogP contribution in [-0.4, -0.2) is 53.7 Å². The van der Waals surface area contributed by atoms with Gasteiger partial charge in [0, 0.05) is 19.6 Å². The van der Waals surface area contributed by atoms with Crippen molar-refractivity contribution >= 4 is 12.0 Å². The van der Waals surface area contributed by atoms with Crippen LogP contribution >= 0.6 is 0 Å². The number of carbonyl (C=O) groups is 2. The summed E-state index contributed by atoms with van der Waals surface area (Å²) in [4.78, 5) is 24.8. The lowest BCUT2D eigenvalue weighted by atomic mass is 9.87. The molecule has 0 unspecified atom stereocenters. The van der Waals surface area contributed by atoms with Gasteiger partial charge in [-0.15, -0.1) is 0 Å². The van der Waals surface area contributed by atoms with Gasteiger partial charge >= 0.3 is 6.09 Å². The fourth-order valence-corrected chi connectivity index (χ4v) is 2.33. The third-order valence-corrected chi connectivity index (χ3v) is 3.16. The first-order chi connectivity index (χ1) is 8.21. The second kappa shape index (κ2) is 4.12. The Morgan fingerprint density at radius 2 is 2.06 bits per heavy atom. The molecule has 0 saturated carbocycles. The Balaban J connectivity index is 1.86. The number of hydrogen-bond donors (Lipinski definition) is 2. The van der Waals surface area contributed by atoms with Crippen molar-refractivity contribution in [3.05, 3.63) is 0 Å². The molecule has 1 spiro atoms. The molecule has 6 heteroatoms. The molecule has 0 aromatic carbocycles. The molecule has 2 rings (SSSR count). The zero-order valence-corrected chi connectivity index (χ0v) is 11.4. The second-order valence-corrected chi connectivity index (χ2v) is 6.20. The lowest BCUT2D eigenvalue weighted by molar-refractivity contribution is -0.127. The molecule has 1 atom stereocenters. The van der Waals surface area contributed by atoms with Crippen molar-refractivity contribution in [1.82, 2.24) is 15.5 Å². The van der Waals surface area contributed by atoms with E-state index in [0.717, 1.165) is 0 Å². The van der Waals surface area contributed by atoms with Crippen LogP contribution in [-0.2, 0) is 9.53 Å². The fraction of sp³-hybridized carbons (Fsp3) is 0.833. The van der Waals surface area contributed by atoms with Crippen LogP contribution in [0.1, 0.15) is 27.7 Å². The van der Waals surface area contributed by atoms with E-state index in [0.29, 0.717) is 19.6 Å². The number of nitrogens with one attached hydrogen (secondary N) is 2. The van der Waals surface area contributed by atoms with Crippen LogP contribution in [0.5, 0.6) is 0 Å². The average molecular weight is 255 g/mol. The molecule has 18 heavy (non-hydrogen) atoms. The van der Waals surface area contributed by atoms with Gasteiger partial charge in [-0.3, -0.25) is 10.1 Å². The summed E-state index contributed by atoms with van der Waals surface area (Å²) in [5, 5.41) is 6.12. The van der Waals surface area contributed by atoms with E-state index in [1.54, 1.807) is 4.90 Å². The minimum absolute atomic E-state index is 0.0105. The molecule has 102 valence electrons. The summed E-state index contributed by atoms with van der Waals surface area (Å²) in [7, 11) is 0. The minimum atomic E-state index is -0.471. The topological polar surface area (TPSA) is 70.7 Å². The molecular weight excluding hydrogens is 234 g/mol. The largest absolute Gasteiger partial charge is 0.444 e. The maximum Gasteiger partial charge on any atom is 0.410 e. The molecular formula is C12H21N3O3. The van der Waals surface area contributed by atoms with Crippen molar-refractivity contribution in [1.29, 1.82) is 0 Å². The number of carbonyl (C=O) groups excluding carboxylic acids is 2. The van der Waals surface area contributed by atoms with Crippen LogP contribution in [0.25, 0.3) is 0 Å². The van der Waals surface area contributed by atoms with Gasteiger partial charge in [0.25, 0.3) is 0 Å². The number of amides is 2. The Morgan fingerprint density at radius 3 is 2.56 bits per heavy atom. The smallest absolute Gasteiger partial charge is 0.410 e. The molecule has 2 fully saturated rings. The number of rotatable bonds is 0. The molecule has 2 amide bonds. The fourth-order valence-electron chi connectivity index (χ4n) is 2.33. The van der Waals surface area contributed by atoms with Gasteiger partial charge in [0.2, 0.25) is 5.91 Å². The van der Waals surface area contributed by atoms with E-state index in [2.05, 4.69) is 10.6 Å². The monoisotopic (exact) mass is 255 g/mol. The summed E-state index contributed by atoms with van der Waals surface area (Å²) in [6, 6.07) is -0.209. The Bertz CT molecular complexity index is 369. The molecule has 2 saturated heterocycles. The van der Waals surface area contributed by atoms with Crippen LogP contribution in [0.3, 0.4) is 0 Å². The summed E-state index contributed by atoms with van der Waals surface area (Å²) in [6.07, 6.45) is -0.292. The van der Waals surface area contributed by atoms with E-state index in [1.807, 2.05) is 27.7 Å². The van der Waals surface area contributed by atoms with Gasteiger partial charge in [0.1, 0.15) is 5.60 Å². The Kier molecular flexibility index (Phi) is 3.01. The van der Waals surface area contributed by atoms with Crippen molar-refractivity contribution in [2.45, 2.75) is 44.9 Å². The van der Waals surface area contributed by atoms with E-state index in [4.69, 9.17) is 4.74 Å². The summed E-state index contributed by atoms with van der Waals surface area (Å²) in [5.74, 6) is 0.0105. The summed E-state index contributed by atoms with van der Waals surface area (Å²) < 4.78 is 5.30. The first-order valence-electron chi connectivity index (χ1n) is 6.24. The van der Waals surface area contributed by atoms with Gasteiger partial charge in [0.05, 0.1) is 11.6 Å². The SMILES string of the molecule is C[C@@H]1NC2(CNC1=O)CN(C(=O)OC(C)(C)C)C2. The highest BCUT2D eigenvalue weighted by Crippen LogP contribution is 2.25. The Hall–Kier alpha value is -1.30. The van der Waals surface area contributed by atoms with Crippen LogP contribution in [0.4, 0.5) is 4.79 Å². The van der Waals surface area contributed by atoms with Crippen molar-refractivity contribution < 1.29 is 14.3 Å². The minimum Gasteiger partial charge on any atom is -0.444 e. The molecule has 2 heterocycles. The molecule has 2 N–H and O–H groups in total. The summed E-state index contributed by atoms with van der Waals surface area (Å²) in [6.45, 7) is 9.09. The number of hydrogen-bond acceptors (Lipinski definition) is 4. The standard InChI is InChI=1S/C12H21N3O3/c1-8-9(16)13-5-12(14-8)6-15(7-12)10(17)18-11(2,3)4/h8,14H,5-7H2,1-4H3,(H,13,16)/t8-/m0/s1. The molecule has 2 aliphatic rings. The molecule has 6 nitrogen and oxygen atoms in total. The number of likely N-dealkylation sites (tertiary alicyclic amines) is 1. The van der Waals surface area contributed by atoms with Crippen LogP contribution in [0.15, 0.2) is 0 Å².